The predicted molar refractivity (Wildman–Crippen MR) is 131 cm³/mol. The molecule has 0 spiro atoms. The van der Waals surface area contributed by atoms with Crippen molar-refractivity contribution >= 4 is 17.6 Å². The van der Waals surface area contributed by atoms with Crippen LogP contribution in [-0.2, 0) is 14.3 Å². The first-order chi connectivity index (χ1) is 17.2. The predicted octanol–water partition coefficient (Wildman–Crippen LogP) is 0.386. The molecule has 1 aliphatic heterocycles. The molecule has 2 saturated carbocycles. The molecule has 3 aliphatic carbocycles. The van der Waals surface area contributed by atoms with Gasteiger partial charge in [-0.05, 0) is 54.8 Å². The van der Waals surface area contributed by atoms with Crippen LogP contribution in [-0.4, -0.2) is 103 Å². The second-order valence-electron chi connectivity index (χ2n) is 12.4. The van der Waals surface area contributed by atoms with Crippen LogP contribution >= 0.6 is 11.6 Å². The summed E-state index contributed by atoms with van der Waals surface area (Å²) < 4.78 is 11.1. The number of alkyl halides is 1. The Balaban J connectivity index is 1.58. The molecule has 7 N–H and O–H groups in total. The fourth-order valence-electron chi connectivity index (χ4n) is 7.71. The molecule has 0 amide bonds. The van der Waals surface area contributed by atoms with Gasteiger partial charge in [0.1, 0.15) is 18.3 Å². The van der Waals surface area contributed by atoms with Crippen molar-refractivity contribution in [3.8, 4) is 0 Å². The molecule has 1 saturated heterocycles. The lowest BCUT2D eigenvalue weighted by atomic mass is 9.44. The average Bonchev–Trinajstić information content (AvgIpc) is 2.84. The second-order valence-corrected chi connectivity index (χ2v) is 12.7. The van der Waals surface area contributed by atoms with Crippen LogP contribution < -0.4 is 0 Å². The van der Waals surface area contributed by atoms with Gasteiger partial charge in [0.25, 0.3) is 0 Å². The molecule has 0 aromatic heterocycles. The molecule has 4 rings (SSSR count). The maximum atomic E-state index is 11.5. The monoisotopic (exact) mass is 548 g/mol. The quantitative estimate of drug-likeness (QED) is 0.181. The van der Waals surface area contributed by atoms with Gasteiger partial charge >= 0.3 is 5.97 Å². The van der Waals surface area contributed by atoms with E-state index in [4.69, 9.17) is 21.1 Å². The number of aliphatic hydroxyl groups excluding tert-OH is 6. The zero-order valence-electron chi connectivity index (χ0n) is 21.5. The van der Waals surface area contributed by atoms with Gasteiger partial charge in [0.2, 0.25) is 0 Å². The molecule has 10 nitrogen and oxygen atoms in total. The first-order valence-corrected chi connectivity index (χ1v) is 13.6. The van der Waals surface area contributed by atoms with Crippen LogP contribution in [0.1, 0.15) is 52.9 Å². The lowest BCUT2D eigenvalue weighted by molar-refractivity contribution is -0.309. The number of rotatable bonds is 6. The van der Waals surface area contributed by atoms with Crippen LogP contribution in [0.5, 0.6) is 0 Å². The van der Waals surface area contributed by atoms with Gasteiger partial charge in [-0.15, -0.1) is 11.6 Å². The highest BCUT2D eigenvalue weighted by molar-refractivity contribution is 6.18. The lowest BCUT2D eigenvalue weighted by Gasteiger charge is -2.62. The molecule has 0 unspecified atom stereocenters. The Morgan fingerprint density at radius 2 is 1.84 bits per heavy atom. The first kappa shape index (κ1) is 29.2. The van der Waals surface area contributed by atoms with Crippen LogP contribution in [0.4, 0.5) is 0 Å². The number of aliphatic hydroxyl groups is 6. The van der Waals surface area contributed by atoms with E-state index in [2.05, 4.69) is 13.0 Å². The van der Waals surface area contributed by atoms with Gasteiger partial charge in [0.15, 0.2) is 12.4 Å². The smallest absolute Gasteiger partial charge is 0.335 e. The standard InChI is InChI=1S/C26H41ClO10/c1-24(16(29)10-27)7-6-13-12(8-24)4-5-15-25(13,2)9-14(28)21(33)26(15,3)11-36-23-19(32)17(30)18(31)20(37-23)22(34)35/h4,13-21,23,28-33H,5-11H2,1-3H3,(H,34,35)/t13-,14+,15+,16-,17-,18+,19-,20-,21+,23+,24-,25+,26+/m0/s1. The molecule has 0 aromatic carbocycles. The number of carboxylic acids is 1. The van der Waals surface area contributed by atoms with Crippen molar-refractivity contribution in [2.45, 2.75) is 102 Å². The molecule has 4 aliphatic rings. The molecular formula is C26H41ClO10. The minimum Gasteiger partial charge on any atom is -0.479 e. The van der Waals surface area contributed by atoms with Gasteiger partial charge in [-0.25, -0.2) is 4.79 Å². The van der Waals surface area contributed by atoms with Crippen LogP contribution in [0.2, 0.25) is 0 Å². The summed E-state index contributed by atoms with van der Waals surface area (Å²) in [4.78, 5) is 11.5. The highest BCUT2D eigenvalue weighted by Gasteiger charge is 2.62. The molecule has 0 aromatic rings. The topological polar surface area (TPSA) is 177 Å². The van der Waals surface area contributed by atoms with E-state index >= 15 is 0 Å². The molecule has 13 atom stereocenters. The van der Waals surface area contributed by atoms with Crippen molar-refractivity contribution in [1.82, 2.24) is 0 Å². The van der Waals surface area contributed by atoms with E-state index in [0.717, 1.165) is 12.8 Å². The van der Waals surface area contributed by atoms with Gasteiger partial charge in [-0.3, -0.25) is 0 Å². The number of allylic oxidation sites excluding steroid dienone is 2. The normalized spacial score (nSPS) is 51.0. The van der Waals surface area contributed by atoms with Crippen molar-refractivity contribution in [2.24, 2.45) is 28.1 Å². The number of hydrogen-bond donors (Lipinski definition) is 7. The van der Waals surface area contributed by atoms with Gasteiger partial charge in [0.05, 0.1) is 24.9 Å². The SMILES string of the molecule is C[C@]1([C@@H](O)CCl)CC[C@H]2C(=CC[C@@H]3[C@]2(C)C[C@@H](O)[C@@H](O)[C@]3(C)CO[C@@H]2O[C@H](C(=O)O)[C@H](O)[C@H](O)[C@@H]2O)C1. The highest BCUT2D eigenvalue weighted by atomic mass is 35.5. The Kier molecular flexibility index (Phi) is 8.12. The second kappa shape index (κ2) is 10.3. The largest absolute Gasteiger partial charge is 0.479 e. The number of carbonyl (C=O) groups is 1. The molecule has 11 heteroatoms. The number of halogens is 1. The van der Waals surface area contributed by atoms with E-state index in [0.29, 0.717) is 19.3 Å². The van der Waals surface area contributed by atoms with Crippen LogP contribution in [0.15, 0.2) is 11.6 Å². The van der Waals surface area contributed by atoms with E-state index in [1.54, 1.807) is 6.92 Å². The number of hydrogen-bond acceptors (Lipinski definition) is 9. The zero-order valence-corrected chi connectivity index (χ0v) is 22.3. The molecule has 1 heterocycles. The van der Waals surface area contributed by atoms with Crippen molar-refractivity contribution in [3.63, 3.8) is 0 Å². The number of ether oxygens (including phenoxy) is 2. The summed E-state index contributed by atoms with van der Waals surface area (Å²) in [6, 6.07) is 0. The summed E-state index contributed by atoms with van der Waals surface area (Å²) in [6.07, 6.45) is -6.02. The van der Waals surface area contributed by atoms with Gasteiger partial charge in [0, 0.05) is 11.3 Å². The zero-order chi connectivity index (χ0) is 27.5. The molecule has 0 bridgehead atoms. The Bertz CT molecular complexity index is 901. The summed E-state index contributed by atoms with van der Waals surface area (Å²) in [6.45, 7) is 5.80. The maximum Gasteiger partial charge on any atom is 0.335 e. The summed E-state index contributed by atoms with van der Waals surface area (Å²) in [5.41, 5.74) is -0.476. The molecule has 212 valence electrons. The van der Waals surface area contributed by atoms with Gasteiger partial charge < -0.3 is 45.2 Å². The van der Waals surface area contributed by atoms with E-state index < -0.39 is 60.4 Å². The summed E-state index contributed by atoms with van der Waals surface area (Å²) in [7, 11) is 0. The number of fused-ring (bicyclic) bond motifs is 3. The Hall–Kier alpha value is -0.820. The van der Waals surface area contributed by atoms with E-state index in [1.165, 1.54) is 5.57 Å². The molecule has 37 heavy (non-hydrogen) atoms. The van der Waals surface area contributed by atoms with Crippen molar-refractivity contribution < 1.29 is 50.0 Å². The van der Waals surface area contributed by atoms with E-state index in [9.17, 15) is 40.5 Å². The van der Waals surface area contributed by atoms with Crippen LogP contribution in [0.3, 0.4) is 0 Å². The number of carboxylic acid groups (broad SMARTS) is 1. The molecule has 3 fully saturated rings. The fourth-order valence-corrected chi connectivity index (χ4v) is 8.08. The van der Waals surface area contributed by atoms with Crippen molar-refractivity contribution in [3.05, 3.63) is 11.6 Å². The third-order valence-corrected chi connectivity index (χ3v) is 10.4. The lowest BCUT2D eigenvalue weighted by Crippen LogP contribution is -2.64. The Labute approximate surface area is 221 Å². The number of aliphatic carboxylic acids is 1. The molecule has 0 radical (unpaired) electrons. The first-order valence-electron chi connectivity index (χ1n) is 13.0. The minimum absolute atomic E-state index is 0.124. The van der Waals surface area contributed by atoms with Crippen LogP contribution in [0.25, 0.3) is 0 Å². The van der Waals surface area contributed by atoms with Crippen molar-refractivity contribution in [2.75, 3.05) is 12.5 Å². The highest BCUT2D eigenvalue weighted by Crippen LogP contribution is 2.64. The van der Waals surface area contributed by atoms with E-state index in [1.807, 2.05) is 6.92 Å². The summed E-state index contributed by atoms with van der Waals surface area (Å²) >= 11 is 5.98. The Morgan fingerprint density at radius 1 is 1.16 bits per heavy atom. The fraction of sp³-hybridized carbons (Fsp3) is 0.885. The average molecular weight is 549 g/mol. The third-order valence-electron chi connectivity index (χ3n) is 10.1. The summed E-state index contributed by atoms with van der Waals surface area (Å²) in [5.74, 6) is -1.33. The van der Waals surface area contributed by atoms with Gasteiger partial charge in [-0.2, -0.15) is 0 Å². The Morgan fingerprint density at radius 3 is 2.46 bits per heavy atom. The molecular weight excluding hydrogens is 508 g/mol. The van der Waals surface area contributed by atoms with Gasteiger partial charge in [-0.1, -0.05) is 32.4 Å². The van der Waals surface area contributed by atoms with E-state index in [-0.39, 0.29) is 35.2 Å². The minimum atomic E-state index is -1.83. The third kappa shape index (κ3) is 4.76. The summed E-state index contributed by atoms with van der Waals surface area (Å²) in [5, 5.41) is 72.5. The van der Waals surface area contributed by atoms with Crippen LogP contribution in [0, 0.1) is 28.1 Å². The maximum absolute atomic E-state index is 11.5. The van der Waals surface area contributed by atoms with Crippen molar-refractivity contribution in [1.29, 1.82) is 0 Å².